The fourth-order valence-electron chi connectivity index (χ4n) is 1.36. The van der Waals surface area contributed by atoms with Crippen molar-refractivity contribution in [2.75, 3.05) is 17.7 Å². The van der Waals surface area contributed by atoms with Gasteiger partial charge in [-0.3, -0.25) is 10.1 Å². The van der Waals surface area contributed by atoms with Gasteiger partial charge in [0.25, 0.3) is 0 Å². The minimum atomic E-state index is 0.516. The molecule has 96 valence electrons. The molecule has 0 aliphatic heterocycles. The number of hydrogen-bond acceptors (Lipinski definition) is 6. The quantitative estimate of drug-likeness (QED) is 0.709. The Labute approximate surface area is 105 Å². The number of nitrogens with zero attached hydrogens (tertiary/aromatic N) is 3. The van der Waals surface area contributed by atoms with E-state index in [1.807, 2.05) is 6.92 Å². The summed E-state index contributed by atoms with van der Waals surface area (Å²) in [5, 5.41) is 9.62. The molecule has 0 aliphatic rings. The predicted octanol–water partition coefficient (Wildman–Crippen LogP) is 1.18. The molecular weight excluding hydrogens is 232 g/mol. The Kier molecular flexibility index (Phi) is 3.95. The maximum absolute atomic E-state index is 5.68. The summed E-state index contributed by atoms with van der Waals surface area (Å²) in [4.78, 5) is 8.33. The molecule has 0 atom stereocenters. The van der Waals surface area contributed by atoms with Gasteiger partial charge >= 0.3 is 0 Å². The maximum Gasteiger partial charge on any atom is 0.234 e. The Morgan fingerprint density at radius 3 is 3.00 bits per heavy atom. The number of ether oxygens (including phenoxy) is 1. The first kappa shape index (κ1) is 12.2. The molecule has 18 heavy (non-hydrogen) atoms. The van der Waals surface area contributed by atoms with Crippen LogP contribution in [0.3, 0.4) is 0 Å². The summed E-state index contributed by atoms with van der Waals surface area (Å²) in [6.45, 7) is 3.21. The van der Waals surface area contributed by atoms with E-state index in [0.717, 1.165) is 12.0 Å². The van der Waals surface area contributed by atoms with E-state index in [1.165, 1.54) is 0 Å². The Morgan fingerprint density at radius 1 is 1.39 bits per heavy atom. The number of nitrogens with two attached hydrogens (primary N) is 1. The van der Waals surface area contributed by atoms with Gasteiger partial charge in [0.15, 0.2) is 0 Å². The fourth-order valence-corrected chi connectivity index (χ4v) is 1.36. The second-order valence-electron chi connectivity index (χ2n) is 3.75. The molecule has 0 aromatic carbocycles. The van der Waals surface area contributed by atoms with E-state index >= 15 is 0 Å². The van der Waals surface area contributed by atoms with Crippen molar-refractivity contribution in [1.29, 1.82) is 0 Å². The molecule has 2 heterocycles. The van der Waals surface area contributed by atoms with Crippen LogP contribution in [-0.4, -0.2) is 26.8 Å². The van der Waals surface area contributed by atoms with E-state index in [-0.39, 0.29) is 0 Å². The summed E-state index contributed by atoms with van der Waals surface area (Å²) < 4.78 is 5.40. The second-order valence-corrected chi connectivity index (χ2v) is 3.75. The molecule has 0 unspecified atom stereocenters. The number of aromatic amines is 1. The van der Waals surface area contributed by atoms with E-state index in [9.17, 15) is 0 Å². The maximum atomic E-state index is 5.68. The van der Waals surface area contributed by atoms with E-state index in [2.05, 4.69) is 25.5 Å². The number of nitrogens with one attached hydrogen (secondary N) is 2. The van der Waals surface area contributed by atoms with Crippen LogP contribution in [0.25, 0.3) is 0 Å². The molecule has 0 fully saturated rings. The molecule has 2 rings (SSSR count). The van der Waals surface area contributed by atoms with Crippen LogP contribution in [0.2, 0.25) is 0 Å². The van der Waals surface area contributed by atoms with Crippen molar-refractivity contribution in [2.45, 2.75) is 19.9 Å². The van der Waals surface area contributed by atoms with E-state index < -0.39 is 0 Å². The molecule has 7 nitrogen and oxygen atoms in total. The van der Waals surface area contributed by atoms with Gasteiger partial charge in [-0.05, 0) is 6.42 Å². The summed E-state index contributed by atoms with van der Waals surface area (Å²) in [7, 11) is 0. The molecule has 0 bridgehead atoms. The third-order valence-electron chi connectivity index (χ3n) is 2.28. The van der Waals surface area contributed by atoms with Gasteiger partial charge in [0, 0.05) is 12.1 Å². The highest BCUT2D eigenvalue weighted by molar-refractivity contribution is 5.41. The Bertz CT molecular complexity index is 498. The van der Waals surface area contributed by atoms with Crippen LogP contribution in [-0.2, 0) is 6.54 Å². The molecule has 0 saturated carbocycles. The highest BCUT2D eigenvalue weighted by Gasteiger charge is 2.03. The number of H-pyrrole nitrogens is 1. The number of anilines is 2. The zero-order chi connectivity index (χ0) is 12.8. The van der Waals surface area contributed by atoms with E-state index in [1.54, 1.807) is 18.6 Å². The van der Waals surface area contributed by atoms with Gasteiger partial charge in [-0.1, -0.05) is 6.92 Å². The number of nitrogen functional groups attached to an aromatic ring is 1. The molecule has 2 aromatic rings. The number of aromatic nitrogens is 4. The topological polar surface area (TPSA) is 102 Å². The lowest BCUT2D eigenvalue weighted by atomic mass is 10.3. The van der Waals surface area contributed by atoms with Crippen LogP contribution in [0.15, 0.2) is 18.6 Å². The summed E-state index contributed by atoms with van der Waals surface area (Å²) in [5.41, 5.74) is 6.57. The molecule has 0 aliphatic carbocycles. The van der Waals surface area contributed by atoms with Crippen LogP contribution < -0.4 is 15.8 Å². The number of rotatable bonds is 6. The van der Waals surface area contributed by atoms with Crippen LogP contribution in [0.1, 0.15) is 18.9 Å². The largest absolute Gasteiger partial charge is 0.477 e. The van der Waals surface area contributed by atoms with Crippen LogP contribution in [0.4, 0.5) is 11.6 Å². The monoisotopic (exact) mass is 248 g/mol. The zero-order valence-electron chi connectivity index (χ0n) is 10.2. The third kappa shape index (κ3) is 3.09. The van der Waals surface area contributed by atoms with E-state index in [0.29, 0.717) is 30.7 Å². The second kappa shape index (κ2) is 5.85. The molecule has 2 aromatic heterocycles. The molecule has 0 spiro atoms. The van der Waals surface area contributed by atoms with Gasteiger partial charge in [0.1, 0.15) is 11.6 Å². The standard InChI is InChI=1S/C11H16N6O/c1-2-3-18-10-7-13-6-9(16-10)14-4-8-5-15-17-11(8)12/h5-7H,2-4H2,1H3,(H,14,16)(H3,12,15,17). The summed E-state index contributed by atoms with van der Waals surface area (Å²) in [6, 6.07) is 0. The van der Waals surface area contributed by atoms with Gasteiger partial charge in [-0.25, -0.2) is 0 Å². The van der Waals surface area contributed by atoms with Gasteiger partial charge in [-0.15, -0.1) is 0 Å². The van der Waals surface area contributed by atoms with Crippen LogP contribution >= 0.6 is 0 Å². The first-order valence-electron chi connectivity index (χ1n) is 5.76. The minimum Gasteiger partial charge on any atom is -0.477 e. The Morgan fingerprint density at radius 2 is 2.28 bits per heavy atom. The lowest BCUT2D eigenvalue weighted by molar-refractivity contribution is 0.304. The zero-order valence-corrected chi connectivity index (χ0v) is 10.2. The molecule has 4 N–H and O–H groups in total. The highest BCUT2D eigenvalue weighted by atomic mass is 16.5. The van der Waals surface area contributed by atoms with Crippen LogP contribution in [0, 0.1) is 0 Å². The summed E-state index contributed by atoms with van der Waals surface area (Å²) in [6.07, 6.45) is 5.83. The first-order valence-corrected chi connectivity index (χ1v) is 5.76. The fraction of sp³-hybridized carbons (Fsp3) is 0.364. The Hall–Kier alpha value is -2.31. The molecule has 0 amide bonds. The predicted molar refractivity (Wildman–Crippen MR) is 68.1 cm³/mol. The molecule has 0 saturated heterocycles. The third-order valence-corrected chi connectivity index (χ3v) is 2.28. The van der Waals surface area contributed by atoms with Gasteiger partial charge < -0.3 is 15.8 Å². The lowest BCUT2D eigenvalue weighted by Crippen LogP contribution is -2.05. The molecule has 7 heteroatoms. The van der Waals surface area contributed by atoms with Crippen LogP contribution in [0.5, 0.6) is 5.88 Å². The SMILES string of the molecule is CCCOc1cncc(NCc2cn[nH]c2N)n1. The van der Waals surface area contributed by atoms with Crippen molar-refractivity contribution >= 4 is 11.6 Å². The Balaban J connectivity index is 1.95. The van der Waals surface area contributed by atoms with E-state index in [4.69, 9.17) is 10.5 Å². The smallest absolute Gasteiger partial charge is 0.234 e. The van der Waals surface area contributed by atoms with Crippen molar-refractivity contribution in [1.82, 2.24) is 20.2 Å². The van der Waals surface area contributed by atoms with Gasteiger partial charge in [-0.2, -0.15) is 10.1 Å². The first-order chi connectivity index (χ1) is 8.79. The van der Waals surface area contributed by atoms with Crippen molar-refractivity contribution in [2.24, 2.45) is 0 Å². The average molecular weight is 248 g/mol. The van der Waals surface area contributed by atoms with Crippen molar-refractivity contribution in [3.05, 3.63) is 24.2 Å². The summed E-state index contributed by atoms with van der Waals surface area (Å²) >= 11 is 0. The molecular formula is C11H16N6O. The van der Waals surface area contributed by atoms with Gasteiger partial charge in [0.05, 0.1) is 25.2 Å². The lowest BCUT2D eigenvalue weighted by Gasteiger charge is -2.07. The van der Waals surface area contributed by atoms with Crippen molar-refractivity contribution in [3.8, 4) is 5.88 Å². The number of hydrogen-bond donors (Lipinski definition) is 3. The summed E-state index contributed by atoms with van der Waals surface area (Å²) in [5.74, 6) is 1.71. The normalized spacial score (nSPS) is 10.3. The minimum absolute atomic E-state index is 0.516. The van der Waals surface area contributed by atoms with Crippen molar-refractivity contribution in [3.63, 3.8) is 0 Å². The van der Waals surface area contributed by atoms with Gasteiger partial charge in [0.2, 0.25) is 5.88 Å². The molecule has 0 radical (unpaired) electrons. The van der Waals surface area contributed by atoms with Crippen molar-refractivity contribution < 1.29 is 4.74 Å². The average Bonchev–Trinajstić information content (AvgIpc) is 2.80. The highest BCUT2D eigenvalue weighted by Crippen LogP contribution is 2.12.